The molecule has 0 aliphatic heterocycles. The number of amides is 1. The standard InChI is InChI=1S/C17H14N4O5/c1-10-8-12(4-7-14(10)21(23)24)17-19-16(20-26-17)11-2-5-13(6-3-11)25-9-15(18)22/h2-8H,9H2,1H3,(H2,18,22). The molecule has 0 unspecified atom stereocenters. The summed E-state index contributed by atoms with van der Waals surface area (Å²) in [6.07, 6.45) is 0. The number of carbonyl (C=O) groups is 1. The van der Waals surface area contributed by atoms with Gasteiger partial charge in [-0.2, -0.15) is 4.98 Å². The first-order valence-corrected chi connectivity index (χ1v) is 7.54. The van der Waals surface area contributed by atoms with Crippen molar-refractivity contribution in [3.8, 4) is 28.6 Å². The molecule has 2 N–H and O–H groups in total. The molecular formula is C17H14N4O5. The number of nitrogens with zero attached hydrogens (tertiary/aromatic N) is 3. The van der Waals surface area contributed by atoms with Gasteiger partial charge in [0.05, 0.1) is 4.92 Å². The first kappa shape index (κ1) is 17.1. The smallest absolute Gasteiger partial charge is 0.272 e. The number of hydrogen-bond donors (Lipinski definition) is 1. The van der Waals surface area contributed by atoms with Gasteiger partial charge in [-0.3, -0.25) is 14.9 Å². The van der Waals surface area contributed by atoms with E-state index in [1.54, 1.807) is 43.3 Å². The van der Waals surface area contributed by atoms with Crippen LogP contribution in [-0.4, -0.2) is 27.6 Å². The molecule has 0 bridgehead atoms. The van der Waals surface area contributed by atoms with Crippen molar-refractivity contribution >= 4 is 11.6 Å². The van der Waals surface area contributed by atoms with Gasteiger partial charge in [0, 0.05) is 22.8 Å². The summed E-state index contributed by atoms with van der Waals surface area (Å²) in [5.41, 5.74) is 6.83. The SMILES string of the molecule is Cc1cc(-c2nc(-c3ccc(OCC(N)=O)cc3)no2)ccc1[N+](=O)[O-]. The maximum Gasteiger partial charge on any atom is 0.272 e. The van der Waals surface area contributed by atoms with Crippen LogP contribution in [-0.2, 0) is 4.79 Å². The highest BCUT2D eigenvalue weighted by Gasteiger charge is 2.15. The number of hydrogen-bond acceptors (Lipinski definition) is 7. The van der Waals surface area contributed by atoms with E-state index in [1.807, 2.05) is 0 Å². The van der Waals surface area contributed by atoms with Gasteiger partial charge in [-0.15, -0.1) is 0 Å². The second kappa shape index (κ2) is 7.01. The number of benzene rings is 2. The van der Waals surface area contributed by atoms with Gasteiger partial charge >= 0.3 is 0 Å². The molecule has 9 nitrogen and oxygen atoms in total. The summed E-state index contributed by atoms with van der Waals surface area (Å²) in [5.74, 6) is 0.544. The Bertz CT molecular complexity index is 966. The van der Waals surface area contributed by atoms with Crippen molar-refractivity contribution in [2.75, 3.05) is 6.61 Å². The van der Waals surface area contributed by atoms with E-state index in [4.69, 9.17) is 15.0 Å². The molecule has 0 spiro atoms. The van der Waals surface area contributed by atoms with E-state index in [2.05, 4.69) is 10.1 Å². The van der Waals surface area contributed by atoms with Gasteiger partial charge in [0.1, 0.15) is 5.75 Å². The second-order valence-corrected chi connectivity index (χ2v) is 5.46. The molecule has 0 saturated carbocycles. The number of aromatic nitrogens is 2. The summed E-state index contributed by atoms with van der Waals surface area (Å²) in [6.45, 7) is 1.44. The molecule has 26 heavy (non-hydrogen) atoms. The first-order chi connectivity index (χ1) is 12.4. The predicted molar refractivity (Wildman–Crippen MR) is 91.3 cm³/mol. The average molecular weight is 354 g/mol. The minimum atomic E-state index is -0.560. The largest absolute Gasteiger partial charge is 0.484 e. The Morgan fingerprint density at radius 3 is 2.54 bits per heavy atom. The highest BCUT2D eigenvalue weighted by molar-refractivity contribution is 5.75. The summed E-state index contributed by atoms with van der Waals surface area (Å²) < 4.78 is 10.4. The Kier molecular flexibility index (Phi) is 4.61. The Hall–Kier alpha value is -3.75. The Labute approximate surface area is 147 Å². The lowest BCUT2D eigenvalue weighted by Gasteiger charge is -2.03. The maximum absolute atomic E-state index is 10.9. The van der Waals surface area contributed by atoms with Gasteiger partial charge in [0.15, 0.2) is 6.61 Å². The topological polar surface area (TPSA) is 134 Å². The van der Waals surface area contributed by atoms with Crippen LogP contribution in [0.3, 0.4) is 0 Å². The number of nitro groups is 1. The quantitative estimate of drug-likeness (QED) is 0.530. The fraction of sp³-hybridized carbons (Fsp3) is 0.118. The molecule has 0 aliphatic carbocycles. The van der Waals surface area contributed by atoms with E-state index in [1.165, 1.54) is 6.07 Å². The fourth-order valence-corrected chi connectivity index (χ4v) is 2.31. The molecule has 0 atom stereocenters. The minimum Gasteiger partial charge on any atom is -0.484 e. The van der Waals surface area contributed by atoms with Gasteiger partial charge < -0.3 is 15.0 Å². The number of nitro benzene ring substituents is 1. The summed E-state index contributed by atoms with van der Waals surface area (Å²) >= 11 is 0. The average Bonchev–Trinajstić information content (AvgIpc) is 3.10. The van der Waals surface area contributed by atoms with Crippen molar-refractivity contribution in [3.05, 3.63) is 58.1 Å². The van der Waals surface area contributed by atoms with Crippen LogP contribution in [0.15, 0.2) is 47.0 Å². The van der Waals surface area contributed by atoms with Gasteiger partial charge in [-0.25, -0.2) is 0 Å². The third-order valence-corrected chi connectivity index (χ3v) is 3.56. The molecule has 132 valence electrons. The summed E-state index contributed by atoms with van der Waals surface area (Å²) in [7, 11) is 0. The molecule has 0 saturated heterocycles. The third-order valence-electron chi connectivity index (χ3n) is 3.56. The zero-order valence-corrected chi connectivity index (χ0v) is 13.7. The van der Waals surface area contributed by atoms with Crippen LogP contribution in [0, 0.1) is 17.0 Å². The molecule has 0 fully saturated rings. The van der Waals surface area contributed by atoms with Gasteiger partial charge in [-0.1, -0.05) is 5.16 Å². The van der Waals surface area contributed by atoms with E-state index in [-0.39, 0.29) is 18.2 Å². The number of rotatable bonds is 6. The normalized spacial score (nSPS) is 10.5. The molecule has 0 radical (unpaired) electrons. The van der Waals surface area contributed by atoms with Crippen molar-refractivity contribution in [1.82, 2.24) is 10.1 Å². The number of primary amides is 1. The lowest BCUT2D eigenvalue weighted by atomic mass is 10.1. The summed E-state index contributed by atoms with van der Waals surface area (Å²) in [6, 6.07) is 11.3. The predicted octanol–water partition coefficient (Wildman–Crippen LogP) is 2.48. The second-order valence-electron chi connectivity index (χ2n) is 5.46. The van der Waals surface area contributed by atoms with E-state index < -0.39 is 10.8 Å². The molecule has 9 heteroatoms. The number of aryl methyl sites for hydroxylation is 1. The van der Waals surface area contributed by atoms with E-state index in [9.17, 15) is 14.9 Å². The molecule has 2 aromatic carbocycles. The Balaban J connectivity index is 1.80. The highest BCUT2D eigenvalue weighted by atomic mass is 16.6. The van der Waals surface area contributed by atoms with Crippen LogP contribution in [0.25, 0.3) is 22.8 Å². The minimum absolute atomic E-state index is 0.0278. The van der Waals surface area contributed by atoms with Gasteiger partial charge in [0.2, 0.25) is 5.82 Å². The first-order valence-electron chi connectivity index (χ1n) is 7.54. The molecule has 3 rings (SSSR count). The lowest BCUT2D eigenvalue weighted by molar-refractivity contribution is -0.385. The van der Waals surface area contributed by atoms with E-state index in [0.717, 1.165) is 0 Å². The fourth-order valence-electron chi connectivity index (χ4n) is 2.31. The molecule has 3 aromatic rings. The number of carbonyl (C=O) groups excluding carboxylic acids is 1. The van der Waals surface area contributed by atoms with Crippen molar-refractivity contribution in [2.24, 2.45) is 5.73 Å². The lowest BCUT2D eigenvalue weighted by Crippen LogP contribution is -2.19. The molecular weight excluding hydrogens is 340 g/mol. The molecule has 1 amide bonds. The van der Waals surface area contributed by atoms with E-state index >= 15 is 0 Å². The number of ether oxygens (including phenoxy) is 1. The highest BCUT2D eigenvalue weighted by Crippen LogP contribution is 2.27. The Morgan fingerprint density at radius 2 is 1.92 bits per heavy atom. The molecule has 1 aromatic heterocycles. The third kappa shape index (κ3) is 3.66. The monoisotopic (exact) mass is 354 g/mol. The van der Waals surface area contributed by atoms with Crippen LogP contribution in [0.4, 0.5) is 5.69 Å². The van der Waals surface area contributed by atoms with Gasteiger partial charge in [-0.05, 0) is 43.3 Å². The number of nitrogens with two attached hydrogens (primary N) is 1. The van der Waals surface area contributed by atoms with Crippen LogP contribution in [0.1, 0.15) is 5.56 Å². The maximum atomic E-state index is 10.9. The van der Waals surface area contributed by atoms with Crippen molar-refractivity contribution in [2.45, 2.75) is 6.92 Å². The Morgan fingerprint density at radius 1 is 1.23 bits per heavy atom. The summed E-state index contributed by atoms with van der Waals surface area (Å²) in [4.78, 5) is 25.5. The summed E-state index contributed by atoms with van der Waals surface area (Å²) in [5, 5.41) is 14.8. The van der Waals surface area contributed by atoms with Crippen LogP contribution < -0.4 is 10.5 Å². The molecule has 1 heterocycles. The zero-order valence-electron chi connectivity index (χ0n) is 13.7. The van der Waals surface area contributed by atoms with Crippen molar-refractivity contribution in [3.63, 3.8) is 0 Å². The zero-order chi connectivity index (χ0) is 18.7. The molecule has 0 aliphatic rings. The van der Waals surface area contributed by atoms with Crippen LogP contribution in [0.2, 0.25) is 0 Å². The van der Waals surface area contributed by atoms with Gasteiger partial charge in [0.25, 0.3) is 17.5 Å². The van der Waals surface area contributed by atoms with Crippen LogP contribution >= 0.6 is 0 Å². The van der Waals surface area contributed by atoms with Crippen molar-refractivity contribution < 1.29 is 19.0 Å². The van der Waals surface area contributed by atoms with Crippen LogP contribution in [0.5, 0.6) is 5.75 Å². The van der Waals surface area contributed by atoms with Crippen molar-refractivity contribution in [1.29, 1.82) is 0 Å². The van der Waals surface area contributed by atoms with E-state index in [0.29, 0.717) is 28.3 Å².